The first-order valence-corrected chi connectivity index (χ1v) is 13.8. The first-order chi connectivity index (χ1) is 19.4. The van der Waals surface area contributed by atoms with Crippen molar-refractivity contribution in [2.75, 3.05) is 19.0 Å². The molecule has 1 unspecified atom stereocenters. The summed E-state index contributed by atoms with van der Waals surface area (Å²) in [6.07, 6.45) is 1.91. The lowest BCUT2D eigenvalue weighted by Gasteiger charge is -2.46. The molecule has 0 saturated carbocycles. The highest BCUT2D eigenvalue weighted by molar-refractivity contribution is 6.24. The zero-order chi connectivity index (χ0) is 29.4. The number of aromatic hydroxyl groups is 1. The maximum atomic E-state index is 13.9. The lowest BCUT2D eigenvalue weighted by molar-refractivity contribution is -0.144. The highest BCUT2D eigenvalue weighted by Crippen LogP contribution is 2.52. The van der Waals surface area contributed by atoms with Gasteiger partial charge in [0.15, 0.2) is 11.4 Å². The van der Waals surface area contributed by atoms with E-state index in [4.69, 9.17) is 5.73 Å². The van der Waals surface area contributed by atoms with Crippen molar-refractivity contribution in [2.24, 2.45) is 17.6 Å². The van der Waals surface area contributed by atoms with E-state index in [1.54, 1.807) is 6.07 Å². The number of allylic oxidation sites excluding steroid dienone is 2. The molecule has 10 nitrogen and oxygen atoms in total. The molecule has 1 amide bonds. The van der Waals surface area contributed by atoms with Gasteiger partial charge in [0.1, 0.15) is 22.8 Å². The lowest BCUT2D eigenvalue weighted by atomic mass is 9.60. The Morgan fingerprint density at radius 3 is 2.34 bits per heavy atom. The van der Waals surface area contributed by atoms with Crippen molar-refractivity contribution in [1.29, 1.82) is 0 Å². The molecular formula is C31H33N3O7. The number of aliphatic hydroxyl groups is 3. The van der Waals surface area contributed by atoms with E-state index in [1.165, 1.54) is 11.1 Å². The van der Waals surface area contributed by atoms with Crippen molar-refractivity contribution in [3.05, 3.63) is 80.8 Å². The molecule has 0 saturated heterocycles. The second-order valence-corrected chi connectivity index (χ2v) is 11.8. The second kappa shape index (κ2) is 9.46. The second-order valence-electron chi connectivity index (χ2n) is 11.8. The zero-order valence-corrected chi connectivity index (χ0v) is 22.9. The number of primary amides is 1. The summed E-state index contributed by atoms with van der Waals surface area (Å²) >= 11 is 0. The van der Waals surface area contributed by atoms with E-state index in [0.717, 1.165) is 24.1 Å². The maximum Gasteiger partial charge on any atom is 0.255 e. The van der Waals surface area contributed by atoms with Gasteiger partial charge >= 0.3 is 0 Å². The number of rotatable bonds is 5. The summed E-state index contributed by atoms with van der Waals surface area (Å²) in [5.41, 5.74) is 6.63. The summed E-state index contributed by atoms with van der Waals surface area (Å²) in [7, 11) is 3.73. The lowest BCUT2D eigenvalue weighted by Crippen LogP contribution is -2.57. The van der Waals surface area contributed by atoms with Gasteiger partial charge in [0.05, 0.1) is 5.56 Å². The molecule has 41 heavy (non-hydrogen) atoms. The fourth-order valence-corrected chi connectivity index (χ4v) is 7.39. The van der Waals surface area contributed by atoms with Crippen molar-refractivity contribution < 1.29 is 34.8 Å². The number of benzene rings is 2. The largest absolute Gasteiger partial charge is 0.511 e. The number of carbonyl (C=O) groups excluding carboxylic acids is 3. The summed E-state index contributed by atoms with van der Waals surface area (Å²) < 4.78 is 0. The van der Waals surface area contributed by atoms with Crippen molar-refractivity contribution in [1.82, 2.24) is 5.32 Å². The predicted octanol–water partition coefficient (Wildman–Crippen LogP) is 1.90. The molecular weight excluding hydrogens is 526 g/mol. The Morgan fingerprint density at radius 2 is 1.73 bits per heavy atom. The third-order valence-corrected chi connectivity index (χ3v) is 9.19. The number of carbonyl (C=O) groups is 3. The minimum atomic E-state index is -2.57. The number of phenolic OH excluding ortho intramolecular Hbond substituents is 1. The minimum absolute atomic E-state index is 0.0161. The number of Topliss-reactive ketones (excluding diaryl/α,β-unsaturated/α-hetero) is 2. The highest BCUT2D eigenvalue weighted by Gasteiger charge is 2.59. The average molecular weight is 560 g/mol. The summed E-state index contributed by atoms with van der Waals surface area (Å²) in [4.78, 5) is 40.8. The number of aliphatic hydroxyl groups excluding tert-OH is 2. The standard InChI is InChI=1S/C31H33N3O7/c1-34(2)26-17(13-33-19-8-14-5-3-4-6-15(14)9-19)11-21(35)24-20(26)10-16-7-18-12-22(36)25(30(32)40)29(39)31(18,41)28(38)23(16)27(24)37/h3-6,11,16,18-19,33,35-36,38,41H,7-10,12-13H2,1-2H3,(H2,32,40)/t16?,18-,31-/m0/s1. The van der Waals surface area contributed by atoms with Crippen LogP contribution in [0.2, 0.25) is 0 Å². The molecule has 6 rings (SSSR count). The Bertz CT molecular complexity index is 1570. The van der Waals surface area contributed by atoms with E-state index in [0.29, 0.717) is 12.1 Å². The number of hydrogen-bond acceptors (Lipinski definition) is 9. The number of fused-ring (bicyclic) bond motifs is 4. The molecule has 4 aliphatic carbocycles. The maximum absolute atomic E-state index is 13.9. The molecule has 10 heteroatoms. The molecule has 0 fully saturated rings. The van der Waals surface area contributed by atoms with E-state index < -0.39 is 52.0 Å². The molecule has 0 aromatic heterocycles. The third kappa shape index (κ3) is 3.96. The van der Waals surface area contributed by atoms with Crippen molar-refractivity contribution in [2.45, 2.75) is 50.3 Å². The van der Waals surface area contributed by atoms with Crippen LogP contribution in [0.5, 0.6) is 5.75 Å². The summed E-state index contributed by atoms with van der Waals surface area (Å²) in [5.74, 6) is -6.31. The smallest absolute Gasteiger partial charge is 0.255 e. The SMILES string of the molecule is CN(C)c1c(CNC2Cc3ccccc3C2)cc(O)c2c1CC1C[C@H]3CC(O)=C(C(N)=O)C(=O)[C@@]3(O)C(O)=C1C2=O. The van der Waals surface area contributed by atoms with Crippen molar-refractivity contribution in [3.63, 3.8) is 0 Å². The number of ketones is 2. The Hall–Kier alpha value is -4.15. The van der Waals surface area contributed by atoms with Gasteiger partial charge < -0.3 is 36.4 Å². The number of phenols is 1. The number of nitrogens with zero attached hydrogens (tertiary/aromatic N) is 1. The fourth-order valence-electron chi connectivity index (χ4n) is 7.39. The van der Waals surface area contributed by atoms with Crippen LogP contribution in [-0.4, -0.2) is 63.6 Å². The Labute approximate surface area is 236 Å². The zero-order valence-electron chi connectivity index (χ0n) is 22.9. The van der Waals surface area contributed by atoms with Crippen LogP contribution in [0.25, 0.3) is 0 Å². The Kier molecular flexibility index (Phi) is 6.24. The van der Waals surface area contributed by atoms with Crippen LogP contribution in [0.4, 0.5) is 5.69 Å². The van der Waals surface area contributed by atoms with Gasteiger partial charge in [0.2, 0.25) is 5.78 Å². The monoisotopic (exact) mass is 559 g/mol. The molecule has 0 radical (unpaired) electrons. The quantitative estimate of drug-likeness (QED) is 0.299. The molecule has 3 atom stereocenters. The summed E-state index contributed by atoms with van der Waals surface area (Å²) in [6, 6.07) is 10.1. The number of hydrogen-bond donors (Lipinski definition) is 6. The molecule has 4 aliphatic rings. The first-order valence-electron chi connectivity index (χ1n) is 13.8. The fraction of sp³-hybridized carbons (Fsp3) is 0.387. The van der Waals surface area contributed by atoms with Gasteiger partial charge in [0.25, 0.3) is 5.91 Å². The van der Waals surface area contributed by atoms with Gasteiger partial charge in [-0.25, -0.2) is 0 Å². The molecule has 214 valence electrons. The topological polar surface area (TPSA) is 173 Å². The van der Waals surface area contributed by atoms with Crippen LogP contribution in [0.3, 0.4) is 0 Å². The van der Waals surface area contributed by atoms with Gasteiger partial charge in [-0.05, 0) is 59.9 Å². The van der Waals surface area contributed by atoms with Gasteiger partial charge in [-0.3, -0.25) is 14.4 Å². The molecule has 7 N–H and O–H groups in total. The summed E-state index contributed by atoms with van der Waals surface area (Å²) in [6.45, 7) is 0.464. The van der Waals surface area contributed by atoms with Crippen LogP contribution >= 0.6 is 0 Å². The van der Waals surface area contributed by atoms with E-state index in [1.807, 2.05) is 31.1 Å². The van der Waals surface area contributed by atoms with E-state index in [-0.39, 0.29) is 42.2 Å². The van der Waals surface area contributed by atoms with Crippen LogP contribution in [0.1, 0.15) is 45.5 Å². The van der Waals surface area contributed by atoms with Crippen molar-refractivity contribution >= 4 is 23.2 Å². The van der Waals surface area contributed by atoms with E-state index >= 15 is 0 Å². The van der Waals surface area contributed by atoms with Gasteiger partial charge in [-0.2, -0.15) is 0 Å². The van der Waals surface area contributed by atoms with Gasteiger partial charge in [-0.1, -0.05) is 24.3 Å². The normalized spacial score (nSPS) is 25.5. The van der Waals surface area contributed by atoms with E-state index in [2.05, 4.69) is 17.4 Å². The molecule has 2 aromatic carbocycles. The highest BCUT2D eigenvalue weighted by atomic mass is 16.3. The predicted molar refractivity (Wildman–Crippen MR) is 150 cm³/mol. The molecule has 0 aliphatic heterocycles. The number of anilines is 1. The van der Waals surface area contributed by atoms with Gasteiger partial charge in [0, 0.05) is 50.3 Å². The van der Waals surface area contributed by atoms with Crippen LogP contribution in [0, 0.1) is 11.8 Å². The third-order valence-electron chi connectivity index (χ3n) is 9.19. The van der Waals surface area contributed by atoms with Crippen LogP contribution < -0.4 is 16.0 Å². The molecule has 0 spiro atoms. The Balaban J connectivity index is 1.37. The molecule has 0 bridgehead atoms. The number of nitrogens with two attached hydrogens (primary N) is 1. The molecule has 0 heterocycles. The number of amides is 1. The Morgan fingerprint density at radius 1 is 1.07 bits per heavy atom. The van der Waals surface area contributed by atoms with E-state index in [9.17, 15) is 34.8 Å². The first kappa shape index (κ1) is 27.0. The average Bonchev–Trinajstić information content (AvgIpc) is 3.32. The van der Waals surface area contributed by atoms with Crippen LogP contribution in [-0.2, 0) is 35.4 Å². The number of nitrogens with one attached hydrogen (secondary N) is 1. The minimum Gasteiger partial charge on any atom is -0.511 e. The summed E-state index contributed by atoms with van der Waals surface area (Å²) in [5, 5.41) is 47.8. The van der Waals surface area contributed by atoms with Gasteiger partial charge in [-0.15, -0.1) is 0 Å². The van der Waals surface area contributed by atoms with Crippen molar-refractivity contribution in [3.8, 4) is 5.75 Å². The van der Waals surface area contributed by atoms with Crippen LogP contribution in [0.15, 0.2) is 53.0 Å². The molecule has 2 aromatic rings.